The molecule has 2 atom stereocenters. The van der Waals surface area contributed by atoms with Crippen LogP contribution in [0, 0.1) is 29.5 Å². The highest BCUT2D eigenvalue weighted by molar-refractivity contribution is 6.16. The van der Waals surface area contributed by atoms with E-state index < -0.39 is 5.92 Å². The number of Topliss-reactive ketones (excluding diaryl/α,β-unsaturated/α-hetero) is 2. The van der Waals surface area contributed by atoms with Gasteiger partial charge in [0.1, 0.15) is 23.2 Å². The van der Waals surface area contributed by atoms with E-state index in [1.54, 1.807) is 12.1 Å². The smallest absolute Gasteiger partial charge is 0.151 e. The average molecular weight is 392 g/mol. The molecule has 0 radical (unpaired) electrons. The van der Waals surface area contributed by atoms with Crippen molar-refractivity contribution in [3.05, 3.63) is 59.4 Å². The van der Waals surface area contributed by atoms with Crippen LogP contribution in [0.1, 0.15) is 49.7 Å². The van der Waals surface area contributed by atoms with Crippen molar-refractivity contribution in [2.24, 2.45) is 23.7 Å². The first-order chi connectivity index (χ1) is 14.1. The van der Waals surface area contributed by atoms with E-state index in [1.165, 1.54) is 12.1 Å². The lowest BCUT2D eigenvalue weighted by molar-refractivity contribution is -0.129. The third-order valence-electron chi connectivity index (χ3n) is 7.30. The SMILES string of the molecule is CCc1ccc(Oc2ccc(F)cc2)cc1C1C(=O)C2C3CCC(CC3)C2C1=O. The van der Waals surface area contributed by atoms with Crippen LogP contribution in [0.2, 0.25) is 0 Å². The van der Waals surface area contributed by atoms with Gasteiger partial charge in [0.15, 0.2) is 11.6 Å². The molecule has 2 aromatic carbocycles. The molecule has 4 heteroatoms. The molecule has 0 aromatic heterocycles. The van der Waals surface area contributed by atoms with Gasteiger partial charge in [0.2, 0.25) is 0 Å². The number of hydrogen-bond acceptors (Lipinski definition) is 3. The average Bonchev–Trinajstić information content (AvgIpc) is 3.03. The van der Waals surface area contributed by atoms with Crippen molar-refractivity contribution < 1.29 is 18.7 Å². The summed E-state index contributed by atoms with van der Waals surface area (Å²) in [6.07, 6.45) is 5.11. The van der Waals surface area contributed by atoms with Crippen molar-refractivity contribution >= 4 is 11.6 Å². The van der Waals surface area contributed by atoms with Crippen molar-refractivity contribution in [1.82, 2.24) is 0 Å². The minimum Gasteiger partial charge on any atom is -0.457 e. The van der Waals surface area contributed by atoms with Gasteiger partial charge in [-0.3, -0.25) is 9.59 Å². The predicted octanol–water partition coefficient (Wildman–Crippen LogP) is 5.47. The van der Waals surface area contributed by atoms with E-state index in [0.29, 0.717) is 23.3 Å². The van der Waals surface area contributed by atoms with Gasteiger partial charge >= 0.3 is 0 Å². The first-order valence-corrected chi connectivity index (χ1v) is 10.7. The molecule has 0 amide bonds. The molecule has 0 spiro atoms. The van der Waals surface area contributed by atoms with E-state index in [4.69, 9.17) is 4.74 Å². The molecule has 150 valence electrons. The van der Waals surface area contributed by atoms with Gasteiger partial charge in [0, 0.05) is 11.8 Å². The summed E-state index contributed by atoms with van der Waals surface area (Å²) in [4.78, 5) is 26.8. The number of fused-ring (bicyclic) bond motifs is 2. The van der Waals surface area contributed by atoms with Crippen molar-refractivity contribution in [2.45, 2.75) is 44.9 Å². The molecule has 3 nitrogen and oxygen atoms in total. The van der Waals surface area contributed by atoms with E-state index in [0.717, 1.165) is 43.2 Å². The quantitative estimate of drug-likeness (QED) is 0.648. The third-order valence-corrected chi connectivity index (χ3v) is 7.30. The summed E-state index contributed by atoms with van der Waals surface area (Å²) in [5.74, 6) is 0.991. The summed E-state index contributed by atoms with van der Waals surface area (Å²) < 4.78 is 19.0. The Balaban J connectivity index is 1.50. The maximum absolute atomic E-state index is 13.4. The number of carbonyl (C=O) groups excluding carboxylic acids is 2. The van der Waals surface area contributed by atoms with Gasteiger partial charge < -0.3 is 4.74 Å². The maximum atomic E-state index is 13.4. The Labute approximate surface area is 170 Å². The molecule has 29 heavy (non-hydrogen) atoms. The Morgan fingerprint density at radius 2 is 1.41 bits per heavy atom. The van der Waals surface area contributed by atoms with Crippen LogP contribution in [0.5, 0.6) is 11.5 Å². The van der Waals surface area contributed by atoms with Crippen LogP contribution in [0.15, 0.2) is 42.5 Å². The first kappa shape index (κ1) is 18.5. The Morgan fingerprint density at radius 3 is 1.97 bits per heavy atom. The zero-order valence-electron chi connectivity index (χ0n) is 16.6. The van der Waals surface area contributed by atoms with Gasteiger partial charge in [-0.25, -0.2) is 4.39 Å². The highest BCUT2D eigenvalue weighted by atomic mass is 19.1. The molecule has 4 fully saturated rings. The Hall–Kier alpha value is -2.49. The van der Waals surface area contributed by atoms with Crippen molar-refractivity contribution in [3.8, 4) is 11.5 Å². The van der Waals surface area contributed by atoms with E-state index in [2.05, 4.69) is 0 Å². The Kier molecular flexibility index (Phi) is 4.53. The fourth-order valence-corrected chi connectivity index (χ4v) is 5.97. The van der Waals surface area contributed by atoms with E-state index in [9.17, 15) is 14.0 Å². The summed E-state index contributed by atoms with van der Waals surface area (Å²) in [6.45, 7) is 2.04. The normalized spacial score (nSPS) is 30.5. The van der Waals surface area contributed by atoms with Gasteiger partial charge in [-0.15, -0.1) is 0 Å². The topological polar surface area (TPSA) is 43.4 Å². The van der Waals surface area contributed by atoms with Gasteiger partial charge in [-0.2, -0.15) is 0 Å². The fourth-order valence-electron chi connectivity index (χ4n) is 5.97. The second-order valence-electron chi connectivity index (χ2n) is 8.73. The number of rotatable bonds is 4. The summed E-state index contributed by atoms with van der Waals surface area (Å²) in [7, 11) is 0. The number of ketones is 2. The number of halogens is 1. The highest BCUT2D eigenvalue weighted by Crippen LogP contribution is 2.56. The maximum Gasteiger partial charge on any atom is 0.151 e. The van der Waals surface area contributed by atoms with Crippen LogP contribution < -0.4 is 4.74 Å². The lowest BCUT2D eigenvalue weighted by Crippen LogP contribution is -2.41. The molecule has 2 bridgehead atoms. The fraction of sp³-hybridized carbons (Fsp3) is 0.440. The summed E-state index contributed by atoms with van der Waals surface area (Å²) >= 11 is 0. The highest BCUT2D eigenvalue weighted by Gasteiger charge is 2.59. The lowest BCUT2D eigenvalue weighted by atomic mass is 9.59. The van der Waals surface area contributed by atoms with Crippen molar-refractivity contribution in [2.75, 3.05) is 0 Å². The molecule has 4 aliphatic carbocycles. The standard InChI is InChI=1S/C25H25FO3/c1-2-14-7-10-19(29-18-11-8-17(26)9-12-18)13-20(14)23-24(27)21-15-3-4-16(6-5-15)22(21)25(23)28/h7-13,15-16,21-23H,2-6H2,1H3. The molecular formula is C25H25FO3. The van der Waals surface area contributed by atoms with Gasteiger partial charge in [0.05, 0.1) is 0 Å². The molecule has 0 N–H and O–H groups in total. The molecule has 6 rings (SSSR count). The summed E-state index contributed by atoms with van der Waals surface area (Å²) in [5, 5.41) is 0. The van der Waals surface area contributed by atoms with E-state index in [-0.39, 0.29) is 29.2 Å². The molecular weight excluding hydrogens is 367 g/mol. The Morgan fingerprint density at radius 1 is 0.862 bits per heavy atom. The van der Waals surface area contributed by atoms with Crippen LogP contribution in [-0.2, 0) is 16.0 Å². The molecule has 2 unspecified atom stereocenters. The minimum atomic E-state index is -0.655. The largest absolute Gasteiger partial charge is 0.457 e. The predicted molar refractivity (Wildman–Crippen MR) is 107 cm³/mol. The van der Waals surface area contributed by atoms with Crippen LogP contribution in [0.4, 0.5) is 4.39 Å². The molecule has 0 aliphatic heterocycles. The van der Waals surface area contributed by atoms with E-state index >= 15 is 0 Å². The molecule has 4 saturated carbocycles. The molecule has 0 heterocycles. The van der Waals surface area contributed by atoms with Crippen LogP contribution >= 0.6 is 0 Å². The van der Waals surface area contributed by atoms with Crippen LogP contribution in [0.25, 0.3) is 0 Å². The van der Waals surface area contributed by atoms with Gasteiger partial charge in [0.25, 0.3) is 0 Å². The van der Waals surface area contributed by atoms with Crippen LogP contribution in [-0.4, -0.2) is 11.6 Å². The number of hydrogen-bond donors (Lipinski definition) is 0. The zero-order valence-corrected chi connectivity index (χ0v) is 16.6. The summed E-state index contributed by atoms with van der Waals surface area (Å²) in [6, 6.07) is 11.5. The lowest BCUT2D eigenvalue weighted by Gasteiger charge is -2.43. The monoisotopic (exact) mass is 392 g/mol. The number of benzene rings is 2. The minimum absolute atomic E-state index is 0.0774. The number of ether oxygens (including phenoxy) is 1. The number of carbonyl (C=O) groups is 2. The van der Waals surface area contributed by atoms with Crippen molar-refractivity contribution in [3.63, 3.8) is 0 Å². The zero-order chi connectivity index (χ0) is 20.1. The third kappa shape index (κ3) is 3.00. The van der Waals surface area contributed by atoms with Gasteiger partial charge in [-0.05, 0) is 91.5 Å². The van der Waals surface area contributed by atoms with Crippen LogP contribution in [0.3, 0.4) is 0 Å². The molecule has 4 aliphatic rings. The molecule has 2 aromatic rings. The summed E-state index contributed by atoms with van der Waals surface area (Å²) in [5.41, 5.74) is 1.82. The van der Waals surface area contributed by atoms with E-state index in [1.807, 2.05) is 25.1 Å². The molecule has 0 saturated heterocycles. The second-order valence-corrected chi connectivity index (χ2v) is 8.73. The second kappa shape index (κ2) is 7.08. The first-order valence-electron chi connectivity index (χ1n) is 10.7. The van der Waals surface area contributed by atoms with Crippen molar-refractivity contribution in [1.29, 1.82) is 0 Å². The van der Waals surface area contributed by atoms with Gasteiger partial charge in [-0.1, -0.05) is 13.0 Å². The number of aryl methyl sites for hydroxylation is 1. The Bertz CT molecular complexity index is 927.